The van der Waals surface area contributed by atoms with Crippen LogP contribution in [0.15, 0.2) is 58.5 Å². The summed E-state index contributed by atoms with van der Waals surface area (Å²) in [4.78, 5) is 33.4. The first-order valence-corrected chi connectivity index (χ1v) is 12.0. The molecule has 0 spiro atoms. The lowest BCUT2D eigenvalue weighted by atomic mass is 10.1. The normalized spacial score (nSPS) is 13.8. The SMILES string of the molecule is Cl.Cl.O=C(NCCCCCCNC(=O)c1ccc(C2=NCCN2)cc1)c1ccc(C2=NCCN2)cc1. The van der Waals surface area contributed by atoms with Crippen molar-refractivity contribution in [1.29, 1.82) is 0 Å². The highest BCUT2D eigenvalue weighted by atomic mass is 35.5. The van der Waals surface area contributed by atoms with Gasteiger partial charge in [0.25, 0.3) is 11.8 Å². The second-order valence-electron chi connectivity index (χ2n) is 8.39. The minimum absolute atomic E-state index is 0. The second-order valence-corrected chi connectivity index (χ2v) is 8.39. The summed E-state index contributed by atoms with van der Waals surface area (Å²) in [5, 5.41) is 12.4. The van der Waals surface area contributed by atoms with Crippen molar-refractivity contribution in [2.45, 2.75) is 25.7 Å². The number of rotatable bonds is 11. The highest BCUT2D eigenvalue weighted by Crippen LogP contribution is 2.08. The largest absolute Gasteiger partial charge is 0.368 e. The fourth-order valence-corrected chi connectivity index (χ4v) is 3.95. The van der Waals surface area contributed by atoms with Crippen LogP contribution in [0, 0.1) is 0 Å². The summed E-state index contributed by atoms with van der Waals surface area (Å²) in [5.41, 5.74) is 3.33. The lowest BCUT2D eigenvalue weighted by molar-refractivity contribution is 0.0943. The van der Waals surface area contributed by atoms with E-state index in [-0.39, 0.29) is 36.6 Å². The molecular weight excluding hydrogens is 499 g/mol. The molecule has 2 aromatic carbocycles. The zero-order chi connectivity index (χ0) is 23.6. The number of carbonyl (C=O) groups is 2. The fraction of sp³-hybridized carbons (Fsp3) is 0.385. The molecular formula is C26H34Cl2N6O2. The number of amides is 2. The molecule has 4 N–H and O–H groups in total. The van der Waals surface area contributed by atoms with Crippen LogP contribution in [0.25, 0.3) is 0 Å². The van der Waals surface area contributed by atoms with Crippen LogP contribution >= 0.6 is 24.8 Å². The molecule has 36 heavy (non-hydrogen) atoms. The van der Waals surface area contributed by atoms with Gasteiger partial charge in [0.2, 0.25) is 0 Å². The van der Waals surface area contributed by atoms with Gasteiger partial charge in [-0.2, -0.15) is 0 Å². The van der Waals surface area contributed by atoms with Crippen molar-refractivity contribution in [2.24, 2.45) is 9.98 Å². The zero-order valence-corrected chi connectivity index (χ0v) is 21.9. The number of carbonyl (C=O) groups excluding carboxylic acids is 2. The van der Waals surface area contributed by atoms with Gasteiger partial charge < -0.3 is 21.3 Å². The highest BCUT2D eigenvalue weighted by Gasteiger charge is 2.11. The molecule has 0 unspecified atom stereocenters. The van der Waals surface area contributed by atoms with Crippen molar-refractivity contribution in [1.82, 2.24) is 21.3 Å². The van der Waals surface area contributed by atoms with Crippen LogP contribution in [0.1, 0.15) is 57.5 Å². The second kappa shape index (κ2) is 15.1. The lowest BCUT2D eigenvalue weighted by Crippen LogP contribution is -2.25. The topological polar surface area (TPSA) is 107 Å². The van der Waals surface area contributed by atoms with Crippen LogP contribution in [0.2, 0.25) is 0 Å². The average Bonchev–Trinajstić information content (AvgIpc) is 3.60. The Bertz CT molecular complexity index is 970. The maximum Gasteiger partial charge on any atom is 0.251 e. The molecule has 2 aliphatic heterocycles. The number of hydrogen-bond acceptors (Lipinski definition) is 6. The molecule has 0 saturated heterocycles. The van der Waals surface area contributed by atoms with Crippen LogP contribution in [0.5, 0.6) is 0 Å². The van der Waals surface area contributed by atoms with E-state index in [1.807, 2.05) is 48.5 Å². The van der Waals surface area contributed by atoms with Gasteiger partial charge in [-0.1, -0.05) is 37.1 Å². The number of amidine groups is 2. The summed E-state index contributed by atoms with van der Waals surface area (Å²) >= 11 is 0. The standard InChI is InChI=1S/C26H32N6O2.2ClH/c33-25(21-9-5-19(6-10-21)23-27-15-16-28-23)31-13-3-1-2-4-14-32-26(34)22-11-7-20(8-12-22)24-29-17-18-30-24;;/h5-12H,1-4,13-18H2,(H,27,28)(H,29,30)(H,31,33)(H,32,34);2*1H. The minimum atomic E-state index is -0.0538. The van der Waals surface area contributed by atoms with Crippen LogP contribution < -0.4 is 21.3 Å². The monoisotopic (exact) mass is 532 g/mol. The Morgan fingerprint density at radius 2 is 1.03 bits per heavy atom. The first kappa shape index (κ1) is 29.1. The van der Waals surface area contributed by atoms with E-state index in [2.05, 4.69) is 31.3 Å². The summed E-state index contributed by atoms with van der Waals surface area (Å²) in [7, 11) is 0. The molecule has 0 aliphatic carbocycles. The van der Waals surface area contributed by atoms with E-state index in [1.54, 1.807) is 0 Å². The van der Waals surface area contributed by atoms with Gasteiger partial charge in [0.05, 0.1) is 13.1 Å². The van der Waals surface area contributed by atoms with Crippen molar-refractivity contribution >= 4 is 48.3 Å². The fourth-order valence-electron chi connectivity index (χ4n) is 3.95. The molecule has 0 aromatic heterocycles. The quantitative estimate of drug-likeness (QED) is 0.333. The molecule has 10 heteroatoms. The Morgan fingerprint density at radius 3 is 1.36 bits per heavy atom. The Hall–Kier alpha value is -3.10. The number of unbranched alkanes of at least 4 members (excludes halogenated alkanes) is 3. The van der Waals surface area contributed by atoms with Crippen molar-refractivity contribution < 1.29 is 9.59 Å². The summed E-state index contributed by atoms with van der Waals surface area (Å²) in [6.45, 7) is 4.62. The van der Waals surface area contributed by atoms with E-state index in [0.29, 0.717) is 24.2 Å². The van der Waals surface area contributed by atoms with Gasteiger partial charge in [-0.05, 0) is 37.1 Å². The van der Waals surface area contributed by atoms with E-state index in [4.69, 9.17) is 0 Å². The molecule has 2 amide bonds. The van der Waals surface area contributed by atoms with Crippen LogP contribution in [-0.4, -0.2) is 62.8 Å². The van der Waals surface area contributed by atoms with Crippen molar-refractivity contribution in [3.63, 3.8) is 0 Å². The van der Waals surface area contributed by atoms with Crippen molar-refractivity contribution in [2.75, 3.05) is 39.3 Å². The first-order valence-electron chi connectivity index (χ1n) is 12.0. The van der Waals surface area contributed by atoms with Crippen LogP contribution in [-0.2, 0) is 0 Å². The summed E-state index contributed by atoms with van der Waals surface area (Å²) < 4.78 is 0. The summed E-state index contributed by atoms with van der Waals surface area (Å²) in [6.07, 6.45) is 3.84. The number of benzene rings is 2. The van der Waals surface area contributed by atoms with Crippen molar-refractivity contribution in [3.05, 3.63) is 70.8 Å². The molecule has 0 bridgehead atoms. The van der Waals surface area contributed by atoms with E-state index in [1.165, 1.54) is 0 Å². The molecule has 2 aliphatic rings. The molecule has 2 heterocycles. The first-order chi connectivity index (χ1) is 16.7. The summed E-state index contributed by atoms with van der Waals surface area (Å²) in [6, 6.07) is 15.1. The highest BCUT2D eigenvalue weighted by molar-refractivity contribution is 6.02. The lowest BCUT2D eigenvalue weighted by Gasteiger charge is -2.08. The van der Waals surface area contributed by atoms with Gasteiger partial charge in [-0.3, -0.25) is 19.6 Å². The Kier molecular flexibility index (Phi) is 12.2. The molecule has 0 saturated carbocycles. The van der Waals surface area contributed by atoms with E-state index < -0.39 is 0 Å². The average molecular weight is 534 g/mol. The predicted octanol–water partition coefficient (Wildman–Crippen LogP) is 2.95. The maximum absolute atomic E-state index is 12.3. The van der Waals surface area contributed by atoms with E-state index in [9.17, 15) is 9.59 Å². The third-order valence-corrected chi connectivity index (χ3v) is 5.86. The van der Waals surface area contributed by atoms with Crippen LogP contribution in [0.3, 0.4) is 0 Å². The zero-order valence-electron chi connectivity index (χ0n) is 20.2. The molecule has 8 nitrogen and oxygen atoms in total. The third kappa shape index (κ3) is 8.24. The number of nitrogens with zero attached hydrogens (tertiary/aromatic N) is 2. The molecule has 4 rings (SSSR count). The Morgan fingerprint density at radius 1 is 0.639 bits per heavy atom. The van der Waals surface area contributed by atoms with Crippen molar-refractivity contribution in [3.8, 4) is 0 Å². The predicted molar refractivity (Wildman–Crippen MR) is 149 cm³/mol. The minimum Gasteiger partial charge on any atom is -0.368 e. The van der Waals surface area contributed by atoms with Gasteiger partial charge in [0.1, 0.15) is 11.7 Å². The Labute approximate surface area is 224 Å². The number of hydrogen-bond donors (Lipinski definition) is 4. The molecule has 0 radical (unpaired) electrons. The van der Waals surface area contributed by atoms with E-state index >= 15 is 0 Å². The van der Waals surface area contributed by atoms with Gasteiger partial charge >= 0.3 is 0 Å². The van der Waals surface area contributed by atoms with E-state index in [0.717, 1.165) is 74.7 Å². The Balaban J connectivity index is 0.00000228. The van der Waals surface area contributed by atoms with Gasteiger partial charge in [0, 0.05) is 48.4 Å². The number of halogens is 2. The smallest absolute Gasteiger partial charge is 0.251 e. The third-order valence-electron chi connectivity index (χ3n) is 5.86. The number of aliphatic imine (C=N–C) groups is 2. The molecule has 0 fully saturated rings. The van der Waals surface area contributed by atoms with Crippen LogP contribution in [0.4, 0.5) is 0 Å². The number of nitrogens with one attached hydrogen (secondary N) is 4. The van der Waals surface area contributed by atoms with Gasteiger partial charge in [-0.15, -0.1) is 24.8 Å². The van der Waals surface area contributed by atoms with Gasteiger partial charge in [0.15, 0.2) is 0 Å². The summed E-state index contributed by atoms with van der Waals surface area (Å²) in [5.74, 6) is 1.69. The maximum atomic E-state index is 12.3. The molecule has 194 valence electrons. The molecule has 2 aromatic rings. The van der Waals surface area contributed by atoms with Gasteiger partial charge in [-0.25, -0.2) is 0 Å². The molecule has 0 atom stereocenters.